The number of anilines is 1. The minimum absolute atomic E-state index is 0.126. The molecule has 0 fully saturated rings. The molecule has 1 aromatic heterocycles. The van der Waals surface area contributed by atoms with Crippen molar-refractivity contribution in [2.45, 2.75) is 19.4 Å². The van der Waals surface area contributed by atoms with Gasteiger partial charge < -0.3 is 10.7 Å². The fourth-order valence-corrected chi connectivity index (χ4v) is 1.87. The van der Waals surface area contributed by atoms with Gasteiger partial charge in [0.25, 0.3) is 5.91 Å². The number of halogens is 1. The van der Waals surface area contributed by atoms with E-state index in [1.165, 1.54) is 24.5 Å². The molecule has 1 heterocycles. The summed E-state index contributed by atoms with van der Waals surface area (Å²) in [7, 11) is 0. The maximum atomic E-state index is 12.8. The summed E-state index contributed by atoms with van der Waals surface area (Å²) in [6.45, 7) is 1.86. The molecular formula is C14H16FN5O. The fourth-order valence-electron chi connectivity index (χ4n) is 1.87. The molecule has 0 aliphatic rings. The quantitative estimate of drug-likeness (QED) is 0.569. The van der Waals surface area contributed by atoms with Crippen LogP contribution in [-0.4, -0.2) is 21.9 Å². The third kappa shape index (κ3) is 4.22. The Balaban J connectivity index is 1.96. The molecule has 0 spiro atoms. The van der Waals surface area contributed by atoms with Gasteiger partial charge in [0.2, 0.25) is 0 Å². The van der Waals surface area contributed by atoms with E-state index in [-0.39, 0.29) is 23.5 Å². The number of nitrogen functional groups attached to an aromatic ring is 1. The second-order valence-corrected chi connectivity index (χ2v) is 4.64. The number of carbonyl (C=O) groups is 1. The summed E-state index contributed by atoms with van der Waals surface area (Å²) in [6.07, 6.45) is 3.37. The summed E-state index contributed by atoms with van der Waals surface area (Å²) < 4.78 is 12.8. The molecule has 110 valence electrons. The Morgan fingerprint density at radius 3 is 2.71 bits per heavy atom. The van der Waals surface area contributed by atoms with E-state index in [1.807, 2.05) is 6.92 Å². The number of nitrogens with two attached hydrogens (primary N) is 1. The maximum absolute atomic E-state index is 12.8. The molecule has 1 unspecified atom stereocenters. The Kier molecular flexibility index (Phi) is 4.78. The highest BCUT2D eigenvalue weighted by atomic mass is 19.1. The van der Waals surface area contributed by atoms with Gasteiger partial charge in [-0.3, -0.25) is 9.78 Å². The molecule has 0 aliphatic carbocycles. The van der Waals surface area contributed by atoms with E-state index < -0.39 is 0 Å². The molecule has 7 heteroatoms. The third-order valence-corrected chi connectivity index (χ3v) is 2.85. The highest BCUT2D eigenvalue weighted by molar-refractivity contribution is 5.92. The first-order valence-electron chi connectivity index (χ1n) is 6.42. The summed E-state index contributed by atoms with van der Waals surface area (Å²) in [5.41, 5.74) is 3.45. The first-order valence-corrected chi connectivity index (χ1v) is 6.42. The summed E-state index contributed by atoms with van der Waals surface area (Å²) in [5, 5.41) is 2.81. The Morgan fingerprint density at radius 1 is 1.33 bits per heavy atom. The van der Waals surface area contributed by atoms with Crippen LogP contribution in [0.2, 0.25) is 0 Å². The van der Waals surface area contributed by atoms with Gasteiger partial charge in [0, 0.05) is 6.04 Å². The number of nitrogens with one attached hydrogen (secondary N) is 2. The molecular weight excluding hydrogens is 273 g/mol. The zero-order valence-electron chi connectivity index (χ0n) is 11.5. The lowest BCUT2D eigenvalue weighted by molar-refractivity contribution is 0.0935. The largest absolute Gasteiger partial charge is 0.348 e. The van der Waals surface area contributed by atoms with Crippen molar-refractivity contribution in [2.75, 3.05) is 5.43 Å². The summed E-state index contributed by atoms with van der Waals surface area (Å²) in [6, 6.07) is 6.05. The van der Waals surface area contributed by atoms with Crippen LogP contribution in [0.25, 0.3) is 0 Å². The van der Waals surface area contributed by atoms with E-state index in [2.05, 4.69) is 20.7 Å². The van der Waals surface area contributed by atoms with Gasteiger partial charge in [-0.2, -0.15) is 0 Å². The van der Waals surface area contributed by atoms with Crippen molar-refractivity contribution in [3.05, 3.63) is 53.7 Å². The van der Waals surface area contributed by atoms with Crippen molar-refractivity contribution in [3.63, 3.8) is 0 Å². The van der Waals surface area contributed by atoms with Crippen molar-refractivity contribution >= 4 is 11.7 Å². The van der Waals surface area contributed by atoms with E-state index in [1.54, 1.807) is 12.1 Å². The number of hydrogen-bond acceptors (Lipinski definition) is 5. The Morgan fingerprint density at radius 2 is 2.05 bits per heavy atom. The van der Waals surface area contributed by atoms with Crippen LogP contribution in [0.3, 0.4) is 0 Å². The summed E-state index contributed by atoms with van der Waals surface area (Å²) >= 11 is 0. The van der Waals surface area contributed by atoms with Crippen LogP contribution >= 0.6 is 0 Å². The first-order chi connectivity index (χ1) is 10.1. The first kappa shape index (κ1) is 14.9. The highest BCUT2D eigenvalue weighted by Gasteiger charge is 2.12. The maximum Gasteiger partial charge on any atom is 0.271 e. The van der Waals surface area contributed by atoms with Gasteiger partial charge >= 0.3 is 0 Å². The Labute approximate surface area is 121 Å². The van der Waals surface area contributed by atoms with Gasteiger partial charge in [-0.1, -0.05) is 12.1 Å². The molecule has 1 aromatic carbocycles. The number of benzene rings is 1. The number of hydrogen-bond donors (Lipinski definition) is 3. The number of aromatic nitrogens is 2. The topological polar surface area (TPSA) is 92.9 Å². The van der Waals surface area contributed by atoms with Crippen LogP contribution < -0.4 is 16.6 Å². The van der Waals surface area contributed by atoms with Crippen molar-refractivity contribution < 1.29 is 9.18 Å². The standard InChI is InChI=1S/C14H16FN5O/c1-9(6-10-2-4-11(15)5-3-10)18-14(21)12-7-17-8-13(19-12)20-16/h2-5,7-9H,6,16H2,1H3,(H,18,21)(H,19,20). The lowest BCUT2D eigenvalue weighted by Crippen LogP contribution is -2.34. The average molecular weight is 289 g/mol. The summed E-state index contributed by atoms with van der Waals surface area (Å²) in [4.78, 5) is 19.9. The third-order valence-electron chi connectivity index (χ3n) is 2.85. The molecule has 0 saturated heterocycles. The molecule has 2 aromatic rings. The average Bonchev–Trinajstić information content (AvgIpc) is 2.49. The molecule has 2 rings (SSSR count). The normalized spacial score (nSPS) is 11.8. The highest BCUT2D eigenvalue weighted by Crippen LogP contribution is 2.06. The molecule has 0 bridgehead atoms. The number of hydrazine groups is 1. The summed E-state index contributed by atoms with van der Waals surface area (Å²) in [5.74, 6) is 4.91. The molecule has 0 radical (unpaired) electrons. The lowest BCUT2D eigenvalue weighted by Gasteiger charge is -2.13. The van der Waals surface area contributed by atoms with Gasteiger partial charge in [-0.25, -0.2) is 15.2 Å². The van der Waals surface area contributed by atoms with E-state index in [0.717, 1.165) is 5.56 Å². The van der Waals surface area contributed by atoms with Crippen LogP contribution in [0, 0.1) is 5.82 Å². The van der Waals surface area contributed by atoms with Crippen LogP contribution in [0.5, 0.6) is 0 Å². The molecule has 1 amide bonds. The monoisotopic (exact) mass is 289 g/mol. The van der Waals surface area contributed by atoms with E-state index in [4.69, 9.17) is 5.84 Å². The fraction of sp³-hybridized carbons (Fsp3) is 0.214. The zero-order valence-corrected chi connectivity index (χ0v) is 11.5. The molecule has 6 nitrogen and oxygen atoms in total. The van der Waals surface area contributed by atoms with Gasteiger partial charge in [-0.15, -0.1) is 0 Å². The van der Waals surface area contributed by atoms with Gasteiger partial charge in [0.1, 0.15) is 11.5 Å². The number of carbonyl (C=O) groups excluding carboxylic acids is 1. The lowest BCUT2D eigenvalue weighted by atomic mass is 10.1. The second kappa shape index (κ2) is 6.76. The van der Waals surface area contributed by atoms with Gasteiger partial charge in [0.15, 0.2) is 5.82 Å². The minimum atomic E-state index is -0.339. The van der Waals surface area contributed by atoms with Gasteiger partial charge in [-0.05, 0) is 31.0 Å². The van der Waals surface area contributed by atoms with Crippen LogP contribution in [0.1, 0.15) is 23.0 Å². The number of nitrogens with zero attached hydrogens (tertiary/aromatic N) is 2. The van der Waals surface area contributed by atoms with Crippen molar-refractivity contribution in [3.8, 4) is 0 Å². The van der Waals surface area contributed by atoms with E-state index in [9.17, 15) is 9.18 Å². The van der Waals surface area contributed by atoms with Gasteiger partial charge in [0.05, 0.1) is 12.4 Å². The predicted octanol–water partition coefficient (Wildman–Crippen LogP) is 1.26. The molecule has 0 saturated carbocycles. The van der Waals surface area contributed by atoms with Crippen molar-refractivity contribution in [1.29, 1.82) is 0 Å². The molecule has 4 N–H and O–H groups in total. The van der Waals surface area contributed by atoms with E-state index >= 15 is 0 Å². The van der Waals surface area contributed by atoms with E-state index in [0.29, 0.717) is 12.2 Å². The smallest absolute Gasteiger partial charge is 0.271 e. The van der Waals surface area contributed by atoms with Crippen LogP contribution in [-0.2, 0) is 6.42 Å². The predicted molar refractivity (Wildman–Crippen MR) is 76.9 cm³/mol. The Bertz CT molecular complexity index is 617. The van der Waals surface area contributed by atoms with Crippen molar-refractivity contribution in [1.82, 2.24) is 15.3 Å². The van der Waals surface area contributed by atoms with Crippen LogP contribution in [0.15, 0.2) is 36.7 Å². The Hall–Kier alpha value is -2.54. The van der Waals surface area contributed by atoms with Crippen molar-refractivity contribution in [2.24, 2.45) is 5.84 Å². The number of rotatable bonds is 5. The zero-order chi connectivity index (χ0) is 15.2. The second-order valence-electron chi connectivity index (χ2n) is 4.64. The number of amides is 1. The molecule has 1 atom stereocenters. The SMILES string of the molecule is CC(Cc1ccc(F)cc1)NC(=O)c1cncc(NN)n1. The molecule has 0 aliphatic heterocycles. The molecule has 21 heavy (non-hydrogen) atoms. The minimum Gasteiger partial charge on any atom is -0.348 e. The van der Waals surface area contributed by atoms with Crippen LogP contribution in [0.4, 0.5) is 10.2 Å².